The van der Waals surface area contributed by atoms with Gasteiger partial charge in [0.1, 0.15) is 5.82 Å². The summed E-state index contributed by atoms with van der Waals surface area (Å²) in [6.07, 6.45) is 0.185. The van der Waals surface area contributed by atoms with Gasteiger partial charge in [-0.2, -0.15) is 0 Å². The van der Waals surface area contributed by atoms with Crippen molar-refractivity contribution >= 4 is 33.4 Å². The summed E-state index contributed by atoms with van der Waals surface area (Å²) in [6.45, 7) is 0.337. The summed E-state index contributed by atoms with van der Waals surface area (Å²) in [7, 11) is 0. The van der Waals surface area contributed by atoms with Gasteiger partial charge in [0.2, 0.25) is 11.8 Å². The Morgan fingerprint density at radius 2 is 2.29 bits per heavy atom. The molecule has 1 aliphatic heterocycles. The van der Waals surface area contributed by atoms with Crippen molar-refractivity contribution in [1.29, 1.82) is 0 Å². The first kappa shape index (κ1) is 12.0. The van der Waals surface area contributed by atoms with Crippen LogP contribution in [0.25, 0.3) is 0 Å². The summed E-state index contributed by atoms with van der Waals surface area (Å²) >= 11 is 3.03. The van der Waals surface area contributed by atoms with Crippen LogP contribution in [-0.4, -0.2) is 18.4 Å². The molecule has 90 valence electrons. The average molecular weight is 301 g/mol. The fourth-order valence-electron chi connectivity index (χ4n) is 1.61. The zero-order valence-corrected chi connectivity index (χ0v) is 10.4. The van der Waals surface area contributed by atoms with Gasteiger partial charge in [0, 0.05) is 18.7 Å². The first-order valence-electron chi connectivity index (χ1n) is 5.09. The monoisotopic (exact) mass is 300 g/mol. The Morgan fingerprint density at radius 1 is 1.53 bits per heavy atom. The Bertz CT molecular complexity index is 479. The Hall–Kier alpha value is -1.43. The summed E-state index contributed by atoms with van der Waals surface area (Å²) in [5.41, 5.74) is 0.384. The van der Waals surface area contributed by atoms with Gasteiger partial charge < -0.3 is 10.6 Å². The summed E-state index contributed by atoms with van der Waals surface area (Å²) in [5.74, 6) is -1.23. The normalized spacial score (nSPS) is 18.9. The SMILES string of the molecule is O=C1CC(C(=O)Nc2ccc(Br)c(F)c2)CN1. The Labute approximate surface area is 106 Å². The summed E-state index contributed by atoms with van der Waals surface area (Å²) in [6, 6.07) is 4.34. The topological polar surface area (TPSA) is 58.2 Å². The van der Waals surface area contributed by atoms with Crippen molar-refractivity contribution in [3.05, 3.63) is 28.5 Å². The molecule has 1 aliphatic rings. The second-order valence-corrected chi connectivity index (χ2v) is 4.68. The molecule has 1 saturated heterocycles. The quantitative estimate of drug-likeness (QED) is 0.873. The molecule has 1 aromatic carbocycles. The lowest BCUT2D eigenvalue weighted by Crippen LogP contribution is -2.24. The van der Waals surface area contributed by atoms with Crippen LogP contribution in [0.2, 0.25) is 0 Å². The molecule has 2 amide bonds. The molecule has 0 aromatic heterocycles. The van der Waals surface area contributed by atoms with E-state index in [1.807, 2.05) is 0 Å². The molecule has 0 spiro atoms. The number of nitrogens with one attached hydrogen (secondary N) is 2. The van der Waals surface area contributed by atoms with Crippen molar-refractivity contribution in [3.8, 4) is 0 Å². The molecule has 0 bridgehead atoms. The summed E-state index contributed by atoms with van der Waals surface area (Å²) in [4.78, 5) is 22.7. The van der Waals surface area contributed by atoms with Crippen LogP contribution < -0.4 is 10.6 Å². The largest absolute Gasteiger partial charge is 0.355 e. The molecule has 0 saturated carbocycles. The fraction of sp³-hybridized carbons (Fsp3) is 0.273. The number of rotatable bonds is 2. The maximum absolute atomic E-state index is 13.2. The molecule has 0 radical (unpaired) electrons. The van der Waals surface area contributed by atoms with E-state index in [0.29, 0.717) is 16.7 Å². The molecule has 1 heterocycles. The molecule has 0 aliphatic carbocycles. The van der Waals surface area contributed by atoms with Gasteiger partial charge in [0.05, 0.1) is 10.4 Å². The van der Waals surface area contributed by atoms with Crippen molar-refractivity contribution in [2.45, 2.75) is 6.42 Å². The van der Waals surface area contributed by atoms with E-state index in [1.54, 1.807) is 6.07 Å². The number of benzene rings is 1. The van der Waals surface area contributed by atoms with Crippen molar-refractivity contribution in [3.63, 3.8) is 0 Å². The minimum atomic E-state index is -0.441. The van der Waals surface area contributed by atoms with E-state index in [2.05, 4.69) is 26.6 Å². The van der Waals surface area contributed by atoms with Crippen LogP contribution in [0.3, 0.4) is 0 Å². The van der Waals surface area contributed by atoms with E-state index in [0.717, 1.165) is 0 Å². The minimum Gasteiger partial charge on any atom is -0.355 e. The lowest BCUT2D eigenvalue weighted by molar-refractivity contribution is -0.123. The van der Waals surface area contributed by atoms with Crippen LogP contribution in [0, 0.1) is 11.7 Å². The number of amides is 2. The van der Waals surface area contributed by atoms with Crippen LogP contribution in [0.1, 0.15) is 6.42 Å². The van der Waals surface area contributed by atoms with Gasteiger partial charge in [0.25, 0.3) is 0 Å². The molecule has 1 atom stereocenters. The predicted octanol–water partition coefficient (Wildman–Crippen LogP) is 1.66. The van der Waals surface area contributed by atoms with Crippen molar-refractivity contribution in [2.75, 3.05) is 11.9 Å². The maximum Gasteiger partial charge on any atom is 0.229 e. The van der Waals surface area contributed by atoms with Gasteiger partial charge in [-0.15, -0.1) is 0 Å². The van der Waals surface area contributed by atoms with E-state index >= 15 is 0 Å². The van der Waals surface area contributed by atoms with Gasteiger partial charge in [-0.3, -0.25) is 9.59 Å². The highest BCUT2D eigenvalue weighted by Gasteiger charge is 2.27. The van der Waals surface area contributed by atoms with Gasteiger partial charge >= 0.3 is 0 Å². The van der Waals surface area contributed by atoms with Gasteiger partial charge in [-0.1, -0.05) is 0 Å². The highest BCUT2D eigenvalue weighted by molar-refractivity contribution is 9.10. The van der Waals surface area contributed by atoms with Crippen molar-refractivity contribution in [2.24, 2.45) is 5.92 Å². The number of carbonyl (C=O) groups excluding carboxylic acids is 2. The summed E-state index contributed by atoms with van der Waals surface area (Å²) < 4.78 is 13.5. The lowest BCUT2D eigenvalue weighted by atomic mass is 10.1. The Balaban J connectivity index is 2.03. The van der Waals surface area contributed by atoms with Gasteiger partial charge in [-0.25, -0.2) is 4.39 Å². The molecule has 6 heteroatoms. The van der Waals surface area contributed by atoms with Crippen LogP contribution in [0.15, 0.2) is 22.7 Å². The van der Waals surface area contributed by atoms with Crippen molar-refractivity contribution in [1.82, 2.24) is 5.32 Å². The molecule has 17 heavy (non-hydrogen) atoms. The molecular weight excluding hydrogens is 291 g/mol. The number of halogens is 2. The van der Waals surface area contributed by atoms with Crippen LogP contribution >= 0.6 is 15.9 Å². The molecule has 1 fully saturated rings. The van der Waals surface area contributed by atoms with Crippen LogP contribution in [-0.2, 0) is 9.59 Å². The number of anilines is 1. The van der Waals surface area contributed by atoms with E-state index in [4.69, 9.17) is 0 Å². The first-order chi connectivity index (χ1) is 8.06. The van der Waals surface area contributed by atoms with E-state index in [9.17, 15) is 14.0 Å². The van der Waals surface area contributed by atoms with Gasteiger partial charge in [0.15, 0.2) is 0 Å². The molecule has 1 aromatic rings. The molecule has 1 unspecified atom stereocenters. The van der Waals surface area contributed by atoms with E-state index in [-0.39, 0.29) is 24.2 Å². The third-order valence-electron chi connectivity index (χ3n) is 2.54. The van der Waals surface area contributed by atoms with Gasteiger partial charge in [-0.05, 0) is 34.1 Å². The van der Waals surface area contributed by atoms with E-state index in [1.165, 1.54) is 12.1 Å². The predicted molar refractivity (Wildman–Crippen MR) is 63.8 cm³/mol. The average Bonchev–Trinajstić information content (AvgIpc) is 2.70. The number of carbonyl (C=O) groups is 2. The van der Waals surface area contributed by atoms with Crippen LogP contribution in [0.4, 0.5) is 10.1 Å². The molecule has 2 rings (SSSR count). The fourth-order valence-corrected chi connectivity index (χ4v) is 1.86. The van der Waals surface area contributed by atoms with Crippen LogP contribution in [0.5, 0.6) is 0 Å². The van der Waals surface area contributed by atoms with Crippen molar-refractivity contribution < 1.29 is 14.0 Å². The highest BCUT2D eigenvalue weighted by Crippen LogP contribution is 2.20. The number of hydrogen-bond acceptors (Lipinski definition) is 2. The zero-order valence-electron chi connectivity index (χ0n) is 8.80. The lowest BCUT2D eigenvalue weighted by Gasteiger charge is -2.09. The number of hydrogen-bond donors (Lipinski definition) is 2. The summed E-state index contributed by atoms with van der Waals surface area (Å²) in [5, 5.41) is 5.16. The third kappa shape index (κ3) is 2.82. The smallest absolute Gasteiger partial charge is 0.229 e. The Kier molecular flexibility index (Phi) is 3.42. The maximum atomic E-state index is 13.2. The molecular formula is C11H10BrFN2O2. The standard InChI is InChI=1S/C11H10BrFN2O2/c12-8-2-1-7(4-9(8)13)15-11(17)6-3-10(16)14-5-6/h1-2,4,6H,3,5H2,(H,14,16)(H,15,17). The molecule has 2 N–H and O–H groups in total. The highest BCUT2D eigenvalue weighted by atomic mass is 79.9. The first-order valence-corrected chi connectivity index (χ1v) is 5.88. The second kappa shape index (κ2) is 4.83. The zero-order chi connectivity index (χ0) is 12.4. The minimum absolute atomic E-state index is 0.132. The van der Waals surface area contributed by atoms with E-state index < -0.39 is 5.82 Å². The Morgan fingerprint density at radius 3 is 2.88 bits per heavy atom. The second-order valence-electron chi connectivity index (χ2n) is 3.82. The molecule has 4 nitrogen and oxygen atoms in total. The third-order valence-corrected chi connectivity index (χ3v) is 3.18.